The number of phenolic OH excluding ortho intramolecular Hbond substituents is 1. The Kier molecular flexibility index (Phi) is 3.29. The molecule has 0 aliphatic carbocycles. The van der Waals surface area contributed by atoms with Gasteiger partial charge in [0.25, 0.3) is 0 Å². The molecular weight excluding hydrogens is 212 g/mol. The third kappa shape index (κ3) is 3.13. The van der Waals surface area contributed by atoms with Crippen molar-refractivity contribution in [3.05, 3.63) is 23.8 Å². The summed E-state index contributed by atoms with van der Waals surface area (Å²) in [5.41, 5.74) is 2.53. The van der Waals surface area contributed by atoms with E-state index in [0.29, 0.717) is 11.7 Å². The lowest BCUT2D eigenvalue weighted by atomic mass is 9.90. The molecule has 0 fully saturated rings. The quantitative estimate of drug-likeness (QED) is 0.689. The number of rotatable bonds is 2. The van der Waals surface area contributed by atoms with E-state index in [1.807, 2.05) is 12.1 Å². The minimum atomic E-state index is 0.141. The van der Waals surface area contributed by atoms with Gasteiger partial charge in [-0.25, -0.2) is 0 Å². The van der Waals surface area contributed by atoms with Crippen molar-refractivity contribution in [3.8, 4) is 5.75 Å². The summed E-state index contributed by atoms with van der Waals surface area (Å²) in [4.78, 5) is 0. The molecule has 3 N–H and O–H groups in total. The number of fused-ring (bicyclic) bond motifs is 1. The van der Waals surface area contributed by atoms with Gasteiger partial charge in [-0.3, -0.25) is 0 Å². The highest BCUT2D eigenvalue weighted by Crippen LogP contribution is 2.33. The van der Waals surface area contributed by atoms with Gasteiger partial charge < -0.3 is 15.7 Å². The van der Waals surface area contributed by atoms with E-state index in [2.05, 4.69) is 31.4 Å². The SMILES string of the molecule is CC(C)(C)NCC1CCNc2ccc(O)cc21. The van der Waals surface area contributed by atoms with Crippen LogP contribution in [0.15, 0.2) is 18.2 Å². The maximum absolute atomic E-state index is 9.59. The van der Waals surface area contributed by atoms with Gasteiger partial charge in [-0.2, -0.15) is 0 Å². The summed E-state index contributed by atoms with van der Waals surface area (Å²) in [6, 6.07) is 5.59. The second-order valence-electron chi connectivity index (χ2n) is 5.81. The van der Waals surface area contributed by atoms with Crippen LogP contribution in [0.5, 0.6) is 5.75 Å². The lowest BCUT2D eigenvalue weighted by Gasteiger charge is -2.30. The molecule has 3 heteroatoms. The number of phenols is 1. The number of nitrogens with one attached hydrogen (secondary N) is 2. The zero-order valence-electron chi connectivity index (χ0n) is 10.9. The van der Waals surface area contributed by atoms with E-state index < -0.39 is 0 Å². The summed E-state index contributed by atoms with van der Waals surface area (Å²) in [5, 5.41) is 16.5. The summed E-state index contributed by atoms with van der Waals surface area (Å²) >= 11 is 0. The first kappa shape index (κ1) is 12.2. The van der Waals surface area contributed by atoms with Crippen LogP contribution in [-0.2, 0) is 0 Å². The van der Waals surface area contributed by atoms with Crippen molar-refractivity contribution in [1.82, 2.24) is 5.32 Å². The minimum Gasteiger partial charge on any atom is -0.508 e. The van der Waals surface area contributed by atoms with Crippen molar-refractivity contribution in [2.24, 2.45) is 0 Å². The van der Waals surface area contributed by atoms with Crippen molar-refractivity contribution in [2.45, 2.75) is 38.6 Å². The van der Waals surface area contributed by atoms with Crippen LogP contribution in [0.1, 0.15) is 38.7 Å². The van der Waals surface area contributed by atoms with E-state index in [0.717, 1.165) is 25.2 Å². The highest BCUT2D eigenvalue weighted by Gasteiger charge is 2.22. The van der Waals surface area contributed by atoms with Crippen molar-refractivity contribution < 1.29 is 5.11 Å². The fourth-order valence-electron chi connectivity index (χ4n) is 2.23. The van der Waals surface area contributed by atoms with Crippen LogP contribution >= 0.6 is 0 Å². The third-order valence-corrected chi connectivity index (χ3v) is 3.16. The maximum Gasteiger partial charge on any atom is 0.116 e. The first-order valence-corrected chi connectivity index (χ1v) is 6.27. The maximum atomic E-state index is 9.59. The molecule has 2 rings (SSSR count). The summed E-state index contributed by atoms with van der Waals surface area (Å²) < 4.78 is 0. The molecular formula is C14H22N2O. The molecule has 17 heavy (non-hydrogen) atoms. The van der Waals surface area contributed by atoms with Gasteiger partial charge in [0.1, 0.15) is 5.75 Å². The van der Waals surface area contributed by atoms with Gasteiger partial charge in [0.15, 0.2) is 0 Å². The van der Waals surface area contributed by atoms with Crippen LogP contribution in [0.2, 0.25) is 0 Å². The average molecular weight is 234 g/mol. The second kappa shape index (κ2) is 4.57. The smallest absolute Gasteiger partial charge is 0.116 e. The Hall–Kier alpha value is -1.22. The molecule has 1 unspecified atom stereocenters. The number of hydrogen-bond donors (Lipinski definition) is 3. The van der Waals surface area contributed by atoms with E-state index in [1.165, 1.54) is 5.56 Å². The van der Waals surface area contributed by atoms with Gasteiger partial charge in [0.05, 0.1) is 0 Å². The number of aromatic hydroxyl groups is 1. The molecule has 1 aliphatic heterocycles. The van der Waals surface area contributed by atoms with Crippen molar-refractivity contribution in [1.29, 1.82) is 0 Å². The molecule has 1 aromatic rings. The fraction of sp³-hybridized carbons (Fsp3) is 0.571. The second-order valence-corrected chi connectivity index (χ2v) is 5.81. The number of anilines is 1. The Morgan fingerprint density at radius 2 is 2.18 bits per heavy atom. The minimum absolute atomic E-state index is 0.141. The van der Waals surface area contributed by atoms with Gasteiger partial charge in [0, 0.05) is 30.2 Å². The average Bonchev–Trinajstić information content (AvgIpc) is 2.25. The van der Waals surface area contributed by atoms with Gasteiger partial charge >= 0.3 is 0 Å². The summed E-state index contributed by atoms with van der Waals surface area (Å²) in [7, 11) is 0. The monoisotopic (exact) mass is 234 g/mol. The van der Waals surface area contributed by atoms with Crippen molar-refractivity contribution in [3.63, 3.8) is 0 Å². The zero-order chi connectivity index (χ0) is 12.5. The molecule has 0 spiro atoms. The number of benzene rings is 1. The predicted molar refractivity (Wildman–Crippen MR) is 71.7 cm³/mol. The van der Waals surface area contributed by atoms with Gasteiger partial charge in [-0.05, 0) is 51.0 Å². The third-order valence-electron chi connectivity index (χ3n) is 3.16. The molecule has 0 saturated heterocycles. The normalized spacial score (nSPS) is 19.6. The lowest BCUT2D eigenvalue weighted by molar-refractivity contribution is 0.398. The van der Waals surface area contributed by atoms with Crippen LogP contribution in [0, 0.1) is 0 Å². The Balaban J connectivity index is 2.14. The van der Waals surface area contributed by atoms with Gasteiger partial charge in [-0.1, -0.05) is 0 Å². The van der Waals surface area contributed by atoms with E-state index in [-0.39, 0.29) is 5.54 Å². The molecule has 0 aromatic heterocycles. The van der Waals surface area contributed by atoms with E-state index >= 15 is 0 Å². The molecule has 94 valence electrons. The van der Waals surface area contributed by atoms with E-state index in [9.17, 15) is 5.11 Å². The molecule has 1 heterocycles. The topological polar surface area (TPSA) is 44.3 Å². The fourth-order valence-corrected chi connectivity index (χ4v) is 2.23. The van der Waals surface area contributed by atoms with Crippen LogP contribution in [0.4, 0.5) is 5.69 Å². The van der Waals surface area contributed by atoms with Gasteiger partial charge in [0.2, 0.25) is 0 Å². The van der Waals surface area contributed by atoms with E-state index in [1.54, 1.807) is 6.07 Å². The number of hydrogen-bond acceptors (Lipinski definition) is 3. The summed E-state index contributed by atoms with van der Waals surface area (Å²) in [6.07, 6.45) is 1.11. The van der Waals surface area contributed by atoms with Crippen molar-refractivity contribution >= 4 is 5.69 Å². The lowest BCUT2D eigenvalue weighted by Crippen LogP contribution is -2.39. The Labute approximate surface area is 103 Å². The largest absolute Gasteiger partial charge is 0.508 e. The summed E-state index contributed by atoms with van der Waals surface area (Å²) in [6.45, 7) is 8.50. The van der Waals surface area contributed by atoms with Crippen LogP contribution < -0.4 is 10.6 Å². The molecule has 0 radical (unpaired) electrons. The first-order chi connectivity index (χ1) is 7.96. The Bertz CT molecular complexity index is 396. The van der Waals surface area contributed by atoms with E-state index in [4.69, 9.17) is 0 Å². The van der Waals surface area contributed by atoms with Gasteiger partial charge in [-0.15, -0.1) is 0 Å². The highest BCUT2D eigenvalue weighted by atomic mass is 16.3. The molecule has 1 aliphatic rings. The predicted octanol–water partition coefficient (Wildman–Crippen LogP) is 2.68. The molecule has 0 bridgehead atoms. The van der Waals surface area contributed by atoms with Crippen LogP contribution in [0.25, 0.3) is 0 Å². The standard InChI is InChI=1S/C14H22N2O/c1-14(2,3)16-9-10-6-7-15-13-5-4-11(17)8-12(10)13/h4-5,8,10,15-17H,6-7,9H2,1-3H3. The molecule has 0 amide bonds. The molecule has 1 aromatic carbocycles. The Morgan fingerprint density at radius 3 is 2.88 bits per heavy atom. The van der Waals surface area contributed by atoms with Crippen LogP contribution in [-0.4, -0.2) is 23.7 Å². The molecule has 3 nitrogen and oxygen atoms in total. The first-order valence-electron chi connectivity index (χ1n) is 6.27. The molecule has 0 saturated carbocycles. The summed E-state index contributed by atoms with van der Waals surface area (Å²) in [5.74, 6) is 0.839. The Morgan fingerprint density at radius 1 is 1.41 bits per heavy atom. The van der Waals surface area contributed by atoms with Crippen molar-refractivity contribution in [2.75, 3.05) is 18.4 Å². The van der Waals surface area contributed by atoms with Crippen LogP contribution in [0.3, 0.4) is 0 Å². The molecule has 1 atom stereocenters. The zero-order valence-corrected chi connectivity index (χ0v) is 10.9. The highest BCUT2D eigenvalue weighted by molar-refractivity contribution is 5.57.